The molecular weight excluding hydrogens is 372 g/mol. The topological polar surface area (TPSA) is 95.7 Å². The van der Waals surface area contributed by atoms with Gasteiger partial charge in [0.2, 0.25) is 5.91 Å². The average molecular weight is 385 g/mol. The molecule has 0 aliphatic carbocycles. The average Bonchev–Trinajstić information content (AvgIpc) is 2.41. The second-order valence-corrected chi connectivity index (χ2v) is 5.79. The van der Waals surface area contributed by atoms with Gasteiger partial charge in [0.05, 0.1) is 22.5 Å². The molecule has 2 amide bonds. The molecule has 12 heteroatoms. The number of hydrogen-bond donors (Lipinski definition) is 3. The highest BCUT2D eigenvalue weighted by Gasteiger charge is 2.39. The highest BCUT2D eigenvalue weighted by molar-refractivity contribution is 5.95. The minimum Gasteiger partial charge on any atom is -0.465 e. The number of carbonyl (C=O) groups is 2. The maximum atomic E-state index is 12.9. The molecule has 1 fully saturated rings. The number of anilines is 2. The normalized spacial score (nSPS) is 15.5. The van der Waals surface area contributed by atoms with E-state index >= 15 is 0 Å². The van der Waals surface area contributed by atoms with Crippen LogP contribution in [0.2, 0.25) is 0 Å². The molecule has 0 radical (unpaired) electrons. The number of amides is 2. The third-order valence-corrected chi connectivity index (χ3v) is 3.79. The molecular formula is C14H13F6N3O3. The Balaban J connectivity index is 2.20. The number of alkyl halides is 6. The van der Waals surface area contributed by atoms with Crippen LogP contribution in [0.3, 0.4) is 0 Å². The monoisotopic (exact) mass is 385 g/mol. The van der Waals surface area contributed by atoms with E-state index in [9.17, 15) is 35.9 Å². The zero-order chi connectivity index (χ0) is 19.9. The summed E-state index contributed by atoms with van der Waals surface area (Å²) in [5.41, 5.74) is 0.146. The molecule has 1 aliphatic rings. The first kappa shape index (κ1) is 19.7. The largest absolute Gasteiger partial charge is 0.465 e. The molecule has 1 saturated heterocycles. The molecule has 0 atom stereocenters. The number of rotatable bonds is 3. The molecule has 1 aromatic rings. The van der Waals surface area contributed by atoms with Gasteiger partial charge in [0, 0.05) is 25.4 Å². The number of carbonyl (C=O) groups excluding carboxylic acids is 1. The van der Waals surface area contributed by atoms with Crippen LogP contribution in [0.15, 0.2) is 12.1 Å². The lowest BCUT2D eigenvalue weighted by Gasteiger charge is -2.36. The number of hydrogen-bond acceptors (Lipinski definition) is 3. The Morgan fingerprint density at radius 3 is 2.19 bits per heavy atom. The molecule has 4 N–H and O–H groups in total. The number of nitrogens with two attached hydrogens (primary N) is 1. The van der Waals surface area contributed by atoms with E-state index in [2.05, 4.69) is 0 Å². The van der Waals surface area contributed by atoms with Crippen molar-refractivity contribution in [3.05, 3.63) is 23.3 Å². The second kappa shape index (κ2) is 6.57. The van der Waals surface area contributed by atoms with E-state index < -0.39 is 46.9 Å². The zero-order valence-electron chi connectivity index (χ0n) is 12.9. The van der Waals surface area contributed by atoms with Gasteiger partial charge in [0.1, 0.15) is 0 Å². The van der Waals surface area contributed by atoms with E-state index in [1.807, 2.05) is 5.32 Å². The molecule has 0 aromatic heterocycles. The van der Waals surface area contributed by atoms with Gasteiger partial charge in [0.15, 0.2) is 0 Å². The van der Waals surface area contributed by atoms with Gasteiger partial charge < -0.3 is 21.1 Å². The summed E-state index contributed by atoms with van der Waals surface area (Å²) in [5, 5.41) is 10.6. The van der Waals surface area contributed by atoms with E-state index in [-0.39, 0.29) is 31.5 Å². The summed E-state index contributed by atoms with van der Waals surface area (Å²) in [6.45, 7) is 0.100. The Hall–Kier alpha value is -2.66. The quantitative estimate of drug-likeness (QED) is 0.550. The fourth-order valence-electron chi connectivity index (χ4n) is 2.47. The molecule has 0 unspecified atom stereocenters. The molecule has 26 heavy (non-hydrogen) atoms. The number of nitrogens with one attached hydrogen (secondary N) is 1. The van der Waals surface area contributed by atoms with Crippen LogP contribution in [0.5, 0.6) is 0 Å². The zero-order valence-corrected chi connectivity index (χ0v) is 12.9. The Morgan fingerprint density at radius 1 is 1.15 bits per heavy atom. The first-order valence-corrected chi connectivity index (χ1v) is 7.14. The van der Waals surface area contributed by atoms with Crippen molar-refractivity contribution in [1.29, 1.82) is 0 Å². The number of nitrogens with zero attached hydrogens (tertiary/aromatic N) is 1. The summed E-state index contributed by atoms with van der Waals surface area (Å²) in [5.74, 6) is -1.24. The summed E-state index contributed by atoms with van der Waals surface area (Å²) in [6.07, 6.45) is -11.6. The van der Waals surface area contributed by atoms with E-state index in [4.69, 9.17) is 10.8 Å². The van der Waals surface area contributed by atoms with Crippen LogP contribution in [0, 0.1) is 5.92 Å². The lowest BCUT2D eigenvalue weighted by Crippen LogP contribution is -2.50. The van der Waals surface area contributed by atoms with Gasteiger partial charge in [-0.2, -0.15) is 26.3 Å². The summed E-state index contributed by atoms with van der Waals surface area (Å²) in [7, 11) is 0. The van der Waals surface area contributed by atoms with Gasteiger partial charge >= 0.3 is 18.4 Å². The van der Waals surface area contributed by atoms with Crippen molar-refractivity contribution in [1.82, 2.24) is 4.90 Å². The third kappa shape index (κ3) is 4.29. The number of carboxylic acid groups (broad SMARTS) is 1. The van der Waals surface area contributed by atoms with Gasteiger partial charge in [0.25, 0.3) is 0 Å². The van der Waals surface area contributed by atoms with Crippen molar-refractivity contribution < 1.29 is 41.0 Å². The van der Waals surface area contributed by atoms with Crippen LogP contribution in [0.4, 0.5) is 42.5 Å². The summed E-state index contributed by atoms with van der Waals surface area (Å²) in [6, 6.07) is 0.203. The molecule has 0 bridgehead atoms. The van der Waals surface area contributed by atoms with Crippen molar-refractivity contribution >= 4 is 23.4 Å². The van der Waals surface area contributed by atoms with Crippen molar-refractivity contribution in [2.45, 2.75) is 18.8 Å². The number of halogens is 6. The highest BCUT2D eigenvalue weighted by Crippen LogP contribution is 2.42. The molecule has 1 aromatic carbocycles. The maximum absolute atomic E-state index is 12.9. The molecule has 0 saturated carbocycles. The van der Waals surface area contributed by atoms with Crippen molar-refractivity contribution in [2.24, 2.45) is 5.92 Å². The second-order valence-electron chi connectivity index (χ2n) is 5.79. The number of benzene rings is 1. The molecule has 144 valence electrons. The highest BCUT2D eigenvalue weighted by atomic mass is 19.4. The van der Waals surface area contributed by atoms with Gasteiger partial charge in [-0.05, 0) is 12.1 Å². The van der Waals surface area contributed by atoms with E-state index in [0.29, 0.717) is 6.07 Å². The Morgan fingerprint density at radius 2 is 1.73 bits per heavy atom. The Kier molecular flexibility index (Phi) is 4.97. The summed E-state index contributed by atoms with van der Waals surface area (Å²) >= 11 is 0. The predicted octanol–water partition coefficient (Wildman–Crippen LogP) is 3.24. The molecule has 1 aliphatic heterocycles. The molecule has 2 rings (SSSR count). The van der Waals surface area contributed by atoms with Crippen molar-refractivity contribution in [2.75, 3.05) is 24.1 Å². The Bertz CT molecular complexity index is 726. The van der Waals surface area contributed by atoms with Crippen LogP contribution in [-0.2, 0) is 17.1 Å². The van der Waals surface area contributed by atoms with Crippen molar-refractivity contribution in [3.8, 4) is 0 Å². The van der Waals surface area contributed by atoms with E-state index in [0.717, 1.165) is 4.90 Å². The molecule has 1 heterocycles. The third-order valence-electron chi connectivity index (χ3n) is 3.79. The smallest absolute Gasteiger partial charge is 0.418 e. The first-order valence-electron chi connectivity index (χ1n) is 7.14. The van der Waals surface area contributed by atoms with Crippen LogP contribution in [-0.4, -0.2) is 35.1 Å². The fraction of sp³-hybridized carbons (Fsp3) is 0.429. The van der Waals surface area contributed by atoms with Crippen molar-refractivity contribution in [3.63, 3.8) is 0 Å². The van der Waals surface area contributed by atoms with Crippen LogP contribution in [0.25, 0.3) is 0 Å². The standard InChI is InChI=1S/C14H13F6N3O3/c15-13(16,17)7-2-8(14(18,19)20)11(21)9(3-7)22-10(24)1-6-4-23(5-6)12(25)26/h2-3,6H,1,4-5,21H2,(H,22,24)(H,25,26). The number of likely N-dealkylation sites (tertiary alicyclic amines) is 1. The van der Waals surface area contributed by atoms with Gasteiger partial charge in [-0.25, -0.2) is 4.79 Å². The molecule has 0 spiro atoms. The lowest BCUT2D eigenvalue weighted by molar-refractivity contribution is -0.142. The van der Waals surface area contributed by atoms with Crippen LogP contribution in [0.1, 0.15) is 17.5 Å². The maximum Gasteiger partial charge on any atom is 0.418 e. The molecule has 6 nitrogen and oxygen atoms in total. The van der Waals surface area contributed by atoms with Crippen LogP contribution < -0.4 is 11.1 Å². The number of nitrogen functional groups attached to an aromatic ring is 1. The van der Waals surface area contributed by atoms with Crippen LogP contribution >= 0.6 is 0 Å². The minimum absolute atomic E-state index is 0.0502. The predicted molar refractivity (Wildman–Crippen MR) is 77.2 cm³/mol. The van der Waals surface area contributed by atoms with Gasteiger partial charge in [-0.15, -0.1) is 0 Å². The minimum atomic E-state index is -5.14. The van der Waals surface area contributed by atoms with Gasteiger partial charge in [-0.1, -0.05) is 0 Å². The van der Waals surface area contributed by atoms with Gasteiger partial charge in [-0.3, -0.25) is 4.79 Å². The summed E-state index contributed by atoms with van der Waals surface area (Å²) < 4.78 is 77.2. The lowest BCUT2D eigenvalue weighted by atomic mass is 9.96. The Labute approximate surface area is 142 Å². The van der Waals surface area contributed by atoms with E-state index in [1.165, 1.54) is 0 Å². The SMILES string of the molecule is Nc1c(NC(=O)CC2CN(C(=O)O)C2)cc(C(F)(F)F)cc1C(F)(F)F. The van der Waals surface area contributed by atoms with E-state index in [1.54, 1.807) is 0 Å². The first-order chi connectivity index (χ1) is 11.8. The fourth-order valence-corrected chi connectivity index (χ4v) is 2.47. The summed E-state index contributed by atoms with van der Waals surface area (Å²) in [4.78, 5) is 23.5.